The Morgan fingerprint density at radius 3 is 0.947 bits per heavy atom. The van der Waals surface area contributed by atoms with Crippen molar-refractivity contribution in [3.05, 3.63) is 0 Å². The molecule has 0 bridgehead atoms. The highest BCUT2D eigenvalue weighted by Gasteiger charge is 2.12. The van der Waals surface area contributed by atoms with E-state index in [-0.39, 0.29) is 25.2 Å². The minimum atomic E-state index is -0.951. The summed E-state index contributed by atoms with van der Waals surface area (Å²) >= 11 is 0. The molecule has 5 heteroatoms. The van der Waals surface area contributed by atoms with Gasteiger partial charge in [-0.15, -0.1) is 0 Å². The lowest BCUT2D eigenvalue weighted by Gasteiger charge is -2.12. The summed E-state index contributed by atoms with van der Waals surface area (Å²) in [4.78, 5) is 23.6. The Morgan fingerprint density at radius 2 is 0.684 bits per heavy atom. The van der Waals surface area contributed by atoms with Gasteiger partial charge in [0.2, 0.25) is 0 Å². The highest BCUT2D eigenvalue weighted by atomic mass is 16.6. The SMILES string of the molecule is CCCCCCCCCCCCCCCCCCCC(=O)OC[C@@H](O)COC(=O)CCCCCCCCC. The van der Waals surface area contributed by atoms with Crippen LogP contribution in [0.4, 0.5) is 0 Å². The molecule has 0 aliphatic heterocycles. The maximum Gasteiger partial charge on any atom is 0.305 e. The van der Waals surface area contributed by atoms with E-state index < -0.39 is 6.10 Å². The Morgan fingerprint density at radius 1 is 0.447 bits per heavy atom. The van der Waals surface area contributed by atoms with Gasteiger partial charge in [-0.2, -0.15) is 0 Å². The number of hydrogen-bond donors (Lipinski definition) is 1. The van der Waals surface area contributed by atoms with E-state index in [1.807, 2.05) is 0 Å². The minimum absolute atomic E-state index is 0.109. The summed E-state index contributed by atoms with van der Waals surface area (Å²) in [6.45, 7) is 4.26. The molecule has 1 atom stereocenters. The van der Waals surface area contributed by atoms with Crippen molar-refractivity contribution in [2.45, 2.75) is 187 Å². The Bertz CT molecular complexity index is 508. The smallest absolute Gasteiger partial charge is 0.305 e. The standard InChI is InChI=1S/C33H64O5/c1-3-5-7-9-11-12-13-14-15-16-17-18-19-20-22-24-26-28-33(36)38-30-31(34)29-37-32(35)27-25-23-21-10-8-6-4-2/h31,34H,3-30H2,1-2H3/t31-/m0/s1. The van der Waals surface area contributed by atoms with Crippen molar-refractivity contribution in [2.24, 2.45) is 0 Å². The molecule has 0 aliphatic carbocycles. The molecule has 0 rings (SSSR count). The monoisotopic (exact) mass is 540 g/mol. The third kappa shape index (κ3) is 29.5. The molecule has 0 radical (unpaired) electrons. The largest absolute Gasteiger partial charge is 0.463 e. The minimum Gasteiger partial charge on any atom is -0.463 e. The Hall–Kier alpha value is -1.10. The quantitative estimate of drug-likeness (QED) is 0.0725. The molecule has 0 saturated heterocycles. The van der Waals surface area contributed by atoms with Crippen molar-refractivity contribution in [3.63, 3.8) is 0 Å². The van der Waals surface area contributed by atoms with Gasteiger partial charge in [0, 0.05) is 12.8 Å². The number of aliphatic hydroxyl groups is 1. The van der Waals surface area contributed by atoms with Gasteiger partial charge in [0.1, 0.15) is 19.3 Å². The van der Waals surface area contributed by atoms with Crippen molar-refractivity contribution in [2.75, 3.05) is 13.2 Å². The Balaban J connectivity index is 3.36. The van der Waals surface area contributed by atoms with E-state index in [9.17, 15) is 14.7 Å². The van der Waals surface area contributed by atoms with Crippen LogP contribution < -0.4 is 0 Å². The second kappa shape index (κ2) is 30.4. The van der Waals surface area contributed by atoms with Gasteiger partial charge in [0.15, 0.2) is 0 Å². The first-order valence-electron chi connectivity index (χ1n) is 16.6. The average molecular weight is 541 g/mol. The van der Waals surface area contributed by atoms with Crippen LogP contribution in [0.3, 0.4) is 0 Å². The first-order valence-corrected chi connectivity index (χ1v) is 16.6. The molecule has 0 aromatic carbocycles. The van der Waals surface area contributed by atoms with Crippen LogP contribution in [0.2, 0.25) is 0 Å². The number of rotatable bonds is 30. The summed E-state index contributed by atoms with van der Waals surface area (Å²) < 4.78 is 10.2. The van der Waals surface area contributed by atoms with Crippen LogP contribution >= 0.6 is 0 Å². The van der Waals surface area contributed by atoms with Crippen molar-refractivity contribution < 1.29 is 24.2 Å². The zero-order chi connectivity index (χ0) is 27.9. The van der Waals surface area contributed by atoms with Crippen LogP contribution in [0.5, 0.6) is 0 Å². The van der Waals surface area contributed by atoms with Crippen molar-refractivity contribution >= 4 is 11.9 Å². The lowest BCUT2D eigenvalue weighted by Crippen LogP contribution is -2.25. The molecule has 0 aromatic rings. The van der Waals surface area contributed by atoms with Crippen LogP contribution in [0.1, 0.15) is 181 Å². The molecule has 5 nitrogen and oxygen atoms in total. The number of unbranched alkanes of at least 4 members (excludes halogenated alkanes) is 22. The molecular weight excluding hydrogens is 476 g/mol. The number of carbonyl (C=O) groups is 2. The molecule has 0 saturated carbocycles. The first kappa shape index (κ1) is 36.9. The highest BCUT2D eigenvalue weighted by molar-refractivity contribution is 5.69. The van der Waals surface area contributed by atoms with Gasteiger partial charge in [0.05, 0.1) is 0 Å². The number of ether oxygens (including phenoxy) is 2. The third-order valence-electron chi connectivity index (χ3n) is 7.34. The van der Waals surface area contributed by atoms with Gasteiger partial charge in [0.25, 0.3) is 0 Å². The zero-order valence-electron chi connectivity index (χ0n) is 25.5. The van der Waals surface area contributed by atoms with E-state index in [2.05, 4.69) is 13.8 Å². The van der Waals surface area contributed by atoms with Gasteiger partial charge in [-0.05, 0) is 12.8 Å². The van der Waals surface area contributed by atoms with Crippen molar-refractivity contribution in [1.82, 2.24) is 0 Å². The van der Waals surface area contributed by atoms with Crippen LogP contribution in [0.15, 0.2) is 0 Å². The molecule has 1 N–H and O–H groups in total. The molecule has 0 unspecified atom stereocenters. The van der Waals surface area contributed by atoms with Gasteiger partial charge in [-0.3, -0.25) is 9.59 Å². The summed E-state index contributed by atoms with van der Waals surface area (Å²) in [7, 11) is 0. The molecule has 0 fully saturated rings. The molecule has 0 spiro atoms. The molecule has 0 aromatic heterocycles. The predicted molar refractivity (Wildman–Crippen MR) is 159 cm³/mol. The number of aliphatic hydroxyl groups excluding tert-OH is 1. The fourth-order valence-corrected chi connectivity index (χ4v) is 4.79. The van der Waals surface area contributed by atoms with Crippen LogP contribution in [-0.4, -0.2) is 36.4 Å². The Labute approximate surface area is 236 Å². The number of carbonyl (C=O) groups excluding carboxylic acids is 2. The van der Waals surface area contributed by atoms with E-state index in [0.717, 1.165) is 32.1 Å². The molecule has 226 valence electrons. The molecule has 0 aliphatic rings. The van der Waals surface area contributed by atoms with Gasteiger partial charge in [-0.1, -0.05) is 155 Å². The fraction of sp³-hybridized carbons (Fsp3) is 0.939. The zero-order valence-corrected chi connectivity index (χ0v) is 25.5. The Kier molecular flexibility index (Phi) is 29.6. The maximum atomic E-state index is 11.9. The first-order chi connectivity index (χ1) is 18.6. The predicted octanol–water partition coefficient (Wildman–Crippen LogP) is 9.62. The summed E-state index contributed by atoms with van der Waals surface area (Å²) in [5, 5.41) is 9.90. The number of hydrogen-bond acceptors (Lipinski definition) is 5. The average Bonchev–Trinajstić information content (AvgIpc) is 2.92. The van der Waals surface area contributed by atoms with Crippen LogP contribution in [-0.2, 0) is 19.1 Å². The molecular formula is C33H64O5. The summed E-state index contributed by atoms with van der Waals surface area (Å²) in [6.07, 6.45) is 30.2. The van der Waals surface area contributed by atoms with Gasteiger partial charge in [-0.25, -0.2) is 0 Å². The number of esters is 2. The maximum absolute atomic E-state index is 11.9. The highest BCUT2D eigenvalue weighted by Crippen LogP contribution is 2.14. The van der Waals surface area contributed by atoms with Crippen molar-refractivity contribution in [3.8, 4) is 0 Å². The van der Waals surface area contributed by atoms with E-state index in [1.165, 1.54) is 122 Å². The fourth-order valence-electron chi connectivity index (χ4n) is 4.79. The third-order valence-corrected chi connectivity index (χ3v) is 7.34. The second-order valence-corrected chi connectivity index (χ2v) is 11.3. The van der Waals surface area contributed by atoms with Crippen molar-refractivity contribution in [1.29, 1.82) is 0 Å². The van der Waals surface area contributed by atoms with Gasteiger partial charge < -0.3 is 14.6 Å². The van der Waals surface area contributed by atoms with Crippen LogP contribution in [0, 0.1) is 0 Å². The summed E-state index contributed by atoms with van der Waals surface area (Å²) in [5.74, 6) is -0.563. The lowest BCUT2D eigenvalue weighted by molar-refractivity contribution is -0.152. The normalized spacial score (nSPS) is 12.0. The second-order valence-electron chi connectivity index (χ2n) is 11.3. The van der Waals surface area contributed by atoms with E-state index >= 15 is 0 Å². The van der Waals surface area contributed by atoms with Crippen LogP contribution in [0.25, 0.3) is 0 Å². The molecule has 38 heavy (non-hydrogen) atoms. The van der Waals surface area contributed by atoms with Gasteiger partial charge >= 0.3 is 11.9 Å². The van der Waals surface area contributed by atoms with E-state index in [4.69, 9.17) is 9.47 Å². The summed E-state index contributed by atoms with van der Waals surface area (Å²) in [6, 6.07) is 0. The van der Waals surface area contributed by atoms with E-state index in [0.29, 0.717) is 12.8 Å². The molecule has 0 amide bonds. The molecule has 0 heterocycles. The topological polar surface area (TPSA) is 72.8 Å². The lowest BCUT2D eigenvalue weighted by atomic mass is 10.0. The van der Waals surface area contributed by atoms with E-state index in [1.54, 1.807) is 0 Å². The summed E-state index contributed by atoms with van der Waals surface area (Å²) in [5.41, 5.74) is 0.